The molecule has 1 aromatic rings. The van der Waals surface area contributed by atoms with Crippen LogP contribution in [0.1, 0.15) is 26.7 Å². The molecule has 0 aromatic heterocycles. The van der Waals surface area contributed by atoms with Gasteiger partial charge in [0.1, 0.15) is 10.6 Å². The summed E-state index contributed by atoms with van der Waals surface area (Å²) in [6, 6.07) is 4.61. The lowest BCUT2D eigenvalue weighted by Gasteiger charge is -2.12. The van der Waals surface area contributed by atoms with Crippen molar-refractivity contribution in [2.45, 2.75) is 31.6 Å². The maximum atomic E-state index is 12.1. The summed E-state index contributed by atoms with van der Waals surface area (Å²) in [5.41, 5.74) is 0. The third-order valence-corrected chi connectivity index (χ3v) is 3.92. The molecule has 0 aliphatic carbocycles. The number of rotatable bonds is 7. The third-order valence-electron chi connectivity index (χ3n) is 2.20. The first-order valence-electron chi connectivity index (χ1n) is 5.93. The second-order valence-corrected chi connectivity index (χ2v) is 6.01. The monoisotopic (exact) mass is 291 g/mol. The van der Waals surface area contributed by atoms with Crippen LogP contribution in [0.4, 0.5) is 0 Å². The van der Waals surface area contributed by atoms with Crippen LogP contribution in [0.5, 0.6) is 5.75 Å². The predicted molar refractivity (Wildman–Crippen MR) is 72.7 cm³/mol. The third kappa shape index (κ3) is 4.15. The van der Waals surface area contributed by atoms with Gasteiger partial charge < -0.3 is 4.74 Å². The van der Waals surface area contributed by atoms with Crippen molar-refractivity contribution in [1.82, 2.24) is 4.72 Å². The van der Waals surface area contributed by atoms with Crippen molar-refractivity contribution in [1.29, 1.82) is 0 Å². The number of benzene rings is 1. The highest BCUT2D eigenvalue weighted by atomic mass is 35.5. The number of ether oxygens (including phenoxy) is 1. The highest BCUT2D eigenvalue weighted by Gasteiger charge is 2.19. The molecule has 0 atom stereocenters. The molecule has 0 radical (unpaired) electrons. The number of hydrogen-bond acceptors (Lipinski definition) is 3. The molecule has 0 fully saturated rings. The van der Waals surface area contributed by atoms with Gasteiger partial charge in [-0.05, 0) is 31.0 Å². The van der Waals surface area contributed by atoms with E-state index >= 15 is 0 Å². The van der Waals surface area contributed by atoms with Gasteiger partial charge in [-0.15, -0.1) is 0 Å². The molecule has 0 bridgehead atoms. The van der Waals surface area contributed by atoms with E-state index in [1.807, 2.05) is 13.8 Å². The van der Waals surface area contributed by atoms with Crippen LogP contribution < -0.4 is 9.46 Å². The Balaban J connectivity index is 3.07. The first kappa shape index (κ1) is 15.3. The lowest BCUT2D eigenvalue weighted by Crippen LogP contribution is -2.25. The summed E-state index contributed by atoms with van der Waals surface area (Å²) in [5.74, 6) is 0.338. The van der Waals surface area contributed by atoms with Crippen molar-refractivity contribution in [2.75, 3.05) is 13.2 Å². The summed E-state index contributed by atoms with van der Waals surface area (Å²) in [6.45, 7) is 4.72. The number of halogens is 1. The maximum Gasteiger partial charge on any atom is 0.244 e. The molecule has 102 valence electrons. The fourth-order valence-corrected chi connectivity index (χ4v) is 2.88. The fraction of sp³-hybridized carbons (Fsp3) is 0.500. The molecule has 0 saturated carbocycles. The maximum absolute atomic E-state index is 12.1. The largest absolute Gasteiger partial charge is 0.492 e. The lowest BCUT2D eigenvalue weighted by atomic mass is 10.3. The van der Waals surface area contributed by atoms with Gasteiger partial charge in [-0.1, -0.05) is 25.4 Å². The SMILES string of the molecule is CCCNS(=O)(=O)c1cc(Cl)ccc1OCCC. The minimum absolute atomic E-state index is 0.0944. The Hall–Kier alpha value is -0.780. The summed E-state index contributed by atoms with van der Waals surface area (Å²) in [5, 5.41) is 0.371. The van der Waals surface area contributed by atoms with E-state index in [0.29, 0.717) is 23.9 Å². The van der Waals surface area contributed by atoms with Gasteiger partial charge in [0.15, 0.2) is 0 Å². The van der Waals surface area contributed by atoms with Crippen molar-refractivity contribution < 1.29 is 13.2 Å². The topological polar surface area (TPSA) is 55.4 Å². The Morgan fingerprint density at radius 2 is 2.00 bits per heavy atom. The van der Waals surface area contributed by atoms with Crippen molar-refractivity contribution in [3.63, 3.8) is 0 Å². The first-order chi connectivity index (χ1) is 8.51. The second-order valence-electron chi connectivity index (χ2n) is 3.84. The average Bonchev–Trinajstić information content (AvgIpc) is 2.35. The van der Waals surface area contributed by atoms with Gasteiger partial charge in [-0.2, -0.15) is 0 Å². The van der Waals surface area contributed by atoms with Crippen LogP contribution in [-0.2, 0) is 10.0 Å². The molecule has 6 heteroatoms. The molecule has 0 aliphatic heterocycles. The zero-order chi connectivity index (χ0) is 13.6. The molecule has 0 amide bonds. The molecule has 1 N–H and O–H groups in total. The average molecular weight is 292 g/mol. The standard InChI is InChI=1S/C12H18ClNO3S/c1-3-7-14-18(15,16)12-9-10(13)5-6-11(12)17-8-4-2/h5-6,9,14H,3-4,7-8H2,1-2H3. The predicted octanol–water partition coefficient (Wildman–Crippen LogP) is 2.82. The smallest absolute Gasteiger partial charge is 0.244 e. The molecular weight excluding hydrogens is 274 g/mol. The van der Waals surface area contributed by atoms with Gasteiger partial charge >= 0.3 is 0 Å². The molecule has 0 spiro atoms. The molecule has 0 unspecified atom stereocenters. The van der Waals surface area contributed by atoms with Crippen LogP contribution in [0.3, 0.4) is 0 Å². The van der Waals surface area contributed by atoms with Gasteiger partial charge in [0, 0.05) is 11.6 Å². The molecule has 18 heavy (non-hydrogen) atoms. The van der Waals surface area contributed by atoms with E-state index in [1.165, 1.54) is 6.07 Å². The Morgan fingerprint density at radius 1 is 1.28 bits per heavy atom. The van der Waals surface area contributed by atoms with Crippen molar-refractivity contribution in [2.24, 2.45) is 0 Å². The van der Waals surface area contributed by atoms with Crippen LogP contribution in [0.15, 0.2) is 23.1 Å². The molecule has 1 rings (SSSR count). The minimum atomic E-state index is -3.57. The Morgan fingerprint density at radius 3 is 2.61 bits per heavy atom. The summed E-state index contributed by atoms with van der Waals surface area (Å²) >= 11 is 5.84. The Bertz CT molecular complexity index is 488. The molecule has 0 saturated heterocycles. The highest BCUT2D eigenvalue weighted by molar-refractivity contribution is 7.89. The number of nitrogens with one attached hydrogen (secondary N) is 1. The minimum Gasteiger partial charge on any atom is -0.492 e. The van der Waals surface area contributed by atoms with E-state index in [2.05, 4.69) is 4.72 Å². The first-order valence-corrected chi connectivity index (χ1v) is 7.79. The molecule has 0 heterocycles. The van der Waals surface area contributed by atoms with Crippen molar-refractivity contribution in [3.05, 3.63) is 23.2 Å². The van der Waals surface area contributed by atoms with Crippen LogP contribution in [0.25, 0.3) is 0 Å². The fourth-order valence-electron chi connectivity index (χ4n) is 1.34. The molecular formula is C12H18ClNO3S. The quantitative estimate of drug-likeness (QED) is 0.840. The molecule has 1 aromatic carbocycles. The number of sulfonamides is 1. The van der Waals surface area contributed by atoms with Crippen molar-refractivity contribution in [3.8, 4) is 5.75 Å². The van der Waals surface area contributed by atoms with Crippen molar-refractivity contribution >= 4 is 21.6 Å². The highest BCUT2D eigenvalue weighted by Crippen LogP contribution is 2.27. The summed E-state index contributed by atoms with van der Waals surface area (Å²) in [6.07, 6.45) is 1.54. The van der Waals surface area contributed by atoms with Crippen LogP contribution >= 0.6 is 11.6 Å². The Kier molecular flexibility index (Phi) is 5.91. The second kappa shape index (κ2) is 6.97. The van der Waals surface area contributed by atoms with E-state index in [1.54, 1.807) is 12.1 Å². The molecule has 4 nitrogen and oxygen atoms in total. The summed E-state index contributed by atoms with van der Waals surface area (Å²) in [4.78, 5) is 0.0944. The van der Waals surface area contributed by atoms with Crippen LogP contribution in [-0.4, -0.2) is 21.6 Å². The zero-order valence-electron chi connectivity index (χ0n) is 10.6. The van der Waals surface area contributed by atoms with Gasteiger partial charge in [-0.25, -0.2) is 13.1 Å². The molecule has 0 aliphatic rings. The van der Waals surface area contributed by atoms with Crippen LogP contribution in [0.2, 0.25) is 5.02 Å². The van der Waals surface area contributed by atoms with Gasteiger partial charge in [-0.3, -0.25) is 0 Å². The van der Waals surface area contributed by atoms with Gasteiger partial charge in [0.05, 0.1) is 6.61 Å². The van der Waals surface area contributed by atoms with Crippen LogP contribution in [0, 0.1) is 0 Å². The zero-order valence-corrected chi connectivity index (χ0v) is 12.1. The van der Waals surface area contributed by atoms with E-state index < -0.39 is 10.0 Å². The van der Waals surface area contributed by atoms with Gasteiger partial charge in [0.2, 0.25) is 10.0 Å². The lowest BCUT2D eigenvalue weighted by molar-refractivity contribution is 0.309. The van der Waals surface area contributed by atoms with E-state index in [9.17, 15) is 8.42 Å². The summed E-state index contributed by atoms with van der Waals surface area (Å²) < 4.78 is 32.1. The summed E-state index contributed by atoms with van der Waals surface area (Å²) in [7, 11) is -3.57. The van der Waals surface area contributed by atoms with Gasteiger partial charge in [0.25, 0.3) is 0 Å². The number of hydrogen-bond donors (Lipinski definition) is 1. The Labute approximate surface area is 113 Å². The normalized spacial score (nSPS) is 11.5. The van der Waals surface area contributed by atoms with E-state index in [-0.39, 0.29) is 4.90 Å². The van der Waals surface area contributed by atoms with E-state index in [0.717, 1.165) is 12.8 Å². The van der Waals surface area contributed by atoms with E-state index in [4.69, 9.17) is 16.3 Å².